The molecule has 180 valence electrons. The zero-order valence-electron chi connectivity index (χ0n) is 19.6. The van der Waals surface area contributed by atoms with Crippen LogP contribution in [0.3, 0.4) is 0 Å². The van der Waals surface area contributed by atoms with Gasteiger partial charge in [-0.3, -0.25) is 9.59 Å². The first kappa shape index (κ1) is 25.1. The monoisotopic (exact) mass is 541 g/mol. The van der Waals surface area contributed by atoms with Crippen molar-refractivity contribution in [1.82, 2.24) is 0 Å². The van der Waals surface area contributed by atoms with Crippen LogP contribution in [-0.2, 0) is 4.74 Å². The molecule has 0 bridgehead atoms. The van der Waals surface area contributed by atoms with Crippen molar-refractivity contribution in [3.8, 4) is 0 Å². The van der Waals surface area contributed by atoms with Crippen LogP contribution in [0.1, 0.15) is 47.0 Å². The van der Waals surface area contributed by atoms with E-state index in [4.69, 9.17) is 4.74 Å². The van der Waals surface area contributed by atoms with Gasteiger partial charge >= 0.3 is 5.97 Å². The highest BCUT2D eigenvalue weighted by molar-refractivity contribution is 9.09. The number of rotatable bonds is 8. The van der Waals surface area contributed by atoms with Gasteiger partial charge in [0, 0.05) is 11.1 Å². The number of esters is 1. The summed E-state index contributed by atoms with van der Waals surface area (Å²) in [5.41, 5.74) is 2.99. The number of para-hydroxylation sites is 1. The molecule has 0 heterocycles. The highest BCUT2D eigenvalue weighted by Crippen LogP contribution is 2.32. The topological polar surface area (TPSA) is 72.5 Å². The molecule has 0 aliphatic heterocycles. The van der Waals surface area contributed by atoms with Crippen LogP contribution >= 0.6 is 15.9 Å². The summed E-state index contributed by atoms with van der Waals surface area (Å²) < 4.78 is 5.83. The lowest BCUT2D eigenvalue weighted by Gasteiger charge is -2.23. The van der Waals surface area contributed by atoms with E-state index in [0.717, 1.165) is 11.1 Å². The fourth-order valence-corrected chi connectivity index (χ4v) is 4.44. The molecule has 0 spiro atoms. The van der Waals surface area contributed by atoms with E-state index in [0.29, 0.717) is 16.8 Å². The Morgan fingerprint density at radius 2 is 1.28 bits per heavy atom. The summed E-state index contributed by atoms with van der Waals surface area (Å²) in [5.74, 6) is -1.39. The van der Waals surface area contributed by atoms with Crippen molar-refractivity contribution >= 4 is 39.3 Å². The van der Waals surface area contributed by atoms with Crippen molar-refractivity contribution < 1.29 is 19.1 Å². The van der Waals surface area contributed by atoms with E-state index >= 15 is 0 Å². The van der Waals surface area contributed by atoms with Gasteiger partial charge in [0.25, 0.3) is 5.91 Å². The molecule has 0 saturated heterocycles. The molecule has 0 radical (unpaired) electrons. The minimum Gasteiger partial charge on any atom is -0.449 e. The van der Waals surface area contributed by atoms with E-state index in [-0.39, 0.29) is 17.3 Å². The Morgan fingerprint density at radius 1 is 0.722 bits per heavy atom. The lowest BCUT2D eigenvalue weighted by atomic mass is 9.99. The molecule has 4 aromatic carbocycles. The summed E-state index contributed by atoms with van der Waals surface area (Å²) in [5, 5.41) is 2.81. The molecule has 4 aromatic rings. The second-order valence-corrected chi connectivity index (χ2v) is 9.17. The lowest BCUT2D eigenvalue weighted by Crippen LogP contribution is -2.31. The van der Waals surface area contributed by atoms with Crippen LogP contribution < -0.4 is 5.32 Å². The summed E-state index contributed by atoms with van der Waals surface area (Å²) in [6.45, 7) is 1.84. The molecule has 1 N–H and O–H groups in total. The minimum atomic E-state index is -1.14. The Kier molecular flexibility index (Phi) is 8.08. The molecule has 0 aliphatic rings. The van der Waals surface area contributed by atoms with Crippen molar-refractivity contribution in [2.24, 2.45) is 0 Å². The normalized spacial score (nSPS) is 12.3. The number of hydrogen-bond donors (Lipinski definition) is 1. The first-order valence-corrected chi connectivity index (χ1v) is 12.3. The predicted molar refractivity (Wildman–Crippen MR) is 144 cm³/mol. The lowest BCUT2D eigenvalue weighted by molar-refractivity contribution is 0.0283. The van der Waals surface area contributed by atoms with Crippen LogP contribution in [-0.4, -0.2) is 23.8 Å². The van der Waals surface area contributed by atoms with E-state index in [9.17, 15) is 14.4 Å². The summed E-state index contributed by atoms with van der Waals surface area (Å²) in [7, 11) is 0. The van der Waals surface area contributed by atoms with Crippen LogP contribution in [0, 0.1) is 6.92 Å². The number of nitrogens with one attached hydrogen (secondary N) is 1. The van der Waals surface area contributed by atoms with Crippen LogP contribution in [0.4, 0.5) is 5.69 Å². The second kappa shape index (κ2) is 11.6. The molecule has 0 aliphatic carbocycles. The number of ether oxygens (including phenoxy) is 1. The van der Waals surface area contributed by atoms with Gasteiger partial charge in [-0.25, -0.2) is 4.79 Å². The average molecular weight is 542 g/mol. The van der Waals surface area contributed by atoms with E-state index in [1.165, 1.54) is 0 Å². The minimum absolute atomic E-state index is 0.151. The number of ketones is 1. The smallest absolute Gasteiger partial charge is 0.341 e. The fraction of sp³-hybridized carbons (Fsp3) is 0.100. The Balaban J connectivity index is 1.63. The van der Waals surface area contributed by atoms with Gasteiger partial charge in [0.05, 0.1) is 16.1 Å². The maximum Gasteiger partial charge on any atom is 0.341 e. The molecule has 1 amide bonds. The van der Waals surface area contributed by atoms with Gasteiger partial charge in [-0.2, -0.15) is 0 Å². The molecule has 36 heavy (non-hydrogen) atoms. The highest BCUT2D eigenvalue weighted by Gasteiger charge is 2.33. The van der Waals surface area contributed by atoms with Gasteiger partial charge in [0.2, 0.25) is 5.78 Å². The van der Waals surface area contributed by atoms with Crippen molar-refractivity contribution in [1.29, 1.82) is 0 Å². The number of halogens is 1. The molecular formula is C30H24BrNO4. The molecule has 6 heteroatoms. The maximum atomic E-state index is 13.4. The summed E-state index contributed by atoms with van der Waals surface area (Å²) in [6, 6.07) is 31.8. The van der Waals surface area contributed by atoms with Gasteiger partial charge in [0.1, 0.15) is 0 Å². The van der Waals surface area contributed by atoms with Gasteiger partial charge in [-0.1, -0.05) is 107 Å². The number of aryl methyl sites for hydroxylation is 1. The maximum absolute atomic E-state index is 13.4. The van der Waals surface area contributed by atoms with E-state index in [1.54, 1.807) is 60.7 Å². The Hall–Kier alpha value is -4.03. The number of benzene rings is 4. The van der Waals surface area contributed by atoms with Gasteiger partial charge < -0.3 is 10.1 Å². The predicted octanol–water partition coefficient (Wildman–Crippen LogP) is 6.79. The number of carbonyl (C=O) groups is 3. The van der Waals surface area contributed by atoms with Crippen LogP contribution in [0.15, 0.2) is 109 Å². The van der Waals surface area contributed by atoms with Crippen LogP contribution in [0.2, 0.25) is 0 Å². The molecule has 5 nitrogen and oxygen atoms in total. The third kappa shape index (κ3) is 5.78. The number of carbonyl (C=O) groups excluding carboxylic acids is 3. The number of Topliss-reactive ketones (excluding diaryl/α,β-unsaturated/α-hetero) is 1. The van der Waals surface area contributed by atoms with Crippen molar-refractivity contribution in [2.75, 3.05) is 5.32 Å². The Bertz CT molecular complexity index is 1370. The quantitative estimate of drug-likeness (QED) is 0.151. The molecular weight excluding hydrogens is 518 g/mol. The zero-order valence-corrected chi connectivity index (χ0v) is 21.1. The first-order valence-electron chi connectivity index (χ1n) is 11.4. The van der Waals surface area contributed by atoms with Gasteiger partial charge in [-0.05, 0) is 36.2 Å². The highest BCUT2D eigenvalue weighted by atomic mass is 79.9. The van der Waals surface area contributed by atoms with E-state index in [1.807, 2.05) is 55.5 Å². The standard InChI is InChI=1S/C30H24BrNO4/c1-20-12-8-9-17-23(20)29(34)32-25-19-11-10-18-24(25)30(35)36-28(26(31)21-13-4-2-5-14-21)27(33)22-15-6-3-7-16-22/h2-19,26,28H,1H3,(H,32,34)/t26-,28+/m0/s1. The molecule has 0 unspecified atom stereocenters. The van der Waals surface area contributed by atoms with Crippen molar-refractivity contribution in [2.45, 2.75) is 17.9 Å². The van der Waals surface area contributed by atoms with Crippen LogP contribution in [0.25, 0.3) is 0 Å². The fourth-order valence-electron chi connectivity index (χ4n) is 3.79. The molecule has 2 atom stereocenters. The molecule has 0 fully saturated rings. The largest absolute Gasteiger partial charge is 0.449 e. The number of alkyl halides is 1. The van der Waals surface area contributed by atoms with Crippen LogP contribution in [0.5, 0.6) is 0 Å². The second-order valence-electron chi connectivity index (χ2n) is 8.18. The number of hydrogen-bond acceptors (Lipinski definition) is 4. The van der Waals surface area contributed by atoms with Crippen molar-refractivity contribution in [3.63, 3.8) is 0 Å². The third-order valence-corrected chi connectivity index (χ3v) is 6.73. The molecule has 0 aromatic heterocycles. The third-order valence-electron chi connectivity index (χ3n) is 5.72. The van der Waals surface area contributed by atoms with Gasteiger partial charge in [0.15, 0.2) is 6.10 Å². The van der Waals surface area contributed by atoms with Gasteiger partial charge in [-0.15, -0.1) is 0 Å². The van der Waals surface area contributed by atoms with Crippen molar-refractivity contribution in [3.05, 3.63) is 137 Å². The average Bonchev–Trinajstić information content (AvgIpc) is 2.92. The summed E-state index contributed by atoms with van der Waals surface area (Å²) in [6.07, 6.45) is -1.14. The SMILES string of the molecule is Cc1ccccc1C(=O)Nc1ccccc1C(=O)O[C@@H](C(=O)c1ccccc1)[C@@H](Br)c1ccccc1. The Morgan fingerprint density at radius 3 is 1.94 bits per heavy atom. The zero-order chi connectivity index (χ0) is 25.5. The molecule has 4 rings (SSSR count). The first-order chi connectivity index (χ1) is 17.5. The number of amides is 1. The van der Waals surface area contributed by atoms with E-state index < -0.39 is 16.9 Å². The van der Waals surface area contributed by atoms with E-state index in [2.05, 4.69) is 21.2 Å². The number of anilines is 1. The summed E-state index contributed by atoms with van der Waals surface area (Å²) in [4.78, 5) is 39.1. The summed E-state index contributed by atoms with van der Waals surface area (Å²) >= 11 is 3.58. The molecule has 0 saturated carbocycles. The Labute approximate surface area is 218 Å².